The Bertz CT molecular complexity index is 783. The van der Waals surface area contributed by atoms with Crippen molar-refractivity contribution in [2.75, 3.05) is 14.2 Å². The number of rotatable bonds is 6. The van der Waals surface area contributed by atoms with E-state index in [2.05, 4.69) is 51.8 Å². The van der Waals surface area contributed by atoms with E-state index >= 15 is 0 Å². The number of ether oxygens (including phenoxy) is 1. The predicted molar refractivity (Wildman–Crippen MR) is 107 cm³/mol. The molecular formula is C21H30BNO4. The lowest BCUT2D eigenvalue weighted by Gasteiger charge is -2.32. The quantitative estimate of drug-likeness (QED) is 0.727. The molecule has 1 saturated heterocycles. The van der Waals surface area contributed by atoms with Crippen LogP contribution in [-0.4, -0.2) is 37.4 Å². The molecule has 0 N–H and O–H groups in total. The van der Waals surface area contributed by atoms with Crippen molar-refractivity contribution in [3.8, 4) is 5.75 Å². The second-order valence-corrected chi connectivity index (χ2v) is 8.34. The lowest BCUT2D eigenvalue weighted by molar-refractivity contribution is 0.00578. The van der Waals surface area contributed by atoms with Crippen LogP contribution in [0.2, 0.25) is 0 Å². The Kier molecular flexibility index (Phi) is 5.44. The van der Waals surface area contributed by atoms with E-state index < -0.39 is 7.12 Å². The van der Waals surface area contributed by atoms with Crippen LogP contribution in [0.3, 0.4) is 0 Å². The van der Waals surface area contributed by atoms with Gasteiger partial charge in [-0.05, 0) is 59.4 Å². The van der Waals surface area contributed by atoms with Crippen molar-refractivity contribution in [2.45, 2.75) is 58.9 Å². The highest BCUT2D eigenvalue weighted by Crippen LogP contribution is 2.37. The van der Waals surface area contributed by atoms with Crippen LogP contribution in [0.15, 0.2) is 34.9 Å². The molecule has 0 saturated carbocycles. The average molecular weight is 371 g/mol. The van der Waals surface area contributed by atoms with Crippen molar-refractivity contribution >= 4 is 12.6 Å². The highest BCUT2D eigenvalue weighted by molar-refractivity contribution is 6.63. The second kappa shape index (κ2) is 7.34. The molecule has 5 nitrogen and oxygen atoms in total. The van der Waals surface area contributed by atoms with Gasteiger partial charge in [0.1, 0.15) is 11.5 Å². The standard InChI is InChI=1S/C21H30BNO4/c1-15-17(10-11-25-15)14-23(6)13-16-8-9-19(24-7)18(12-16)22-26-20(2,3)21(4,5)27-22/h8-12H,13-14H2,1-7H3. The van der Waals surface area contributed by atoms with Gasteiger partial charge in [0, 0.05) is 24.1 Å². The Morgan fingerprint density at radius 1 is 1.04 bits per heavy atom. The lowest BCUT2D eigenvalue weighted by atomic mass is 9.77. The summed E-state index contributed by atoms with van der Waals surface area (Å²) in [6.07, 6.45) is 1.74. The molecule has 6 heteroatoms. The fourth-order valence-electron chi connectivity index (χ4n) is 3.27. The zero-order valence-electron chi connectivity index (χ0n) is 17.5. The summed E-state index contributed by atoms with van der Waals surface area (Å²) < 4.78 is 23.4. The van der Waals surface area contributed by atoms with Crippen LogP contribution in [-0.2, 0) is 22.4 Å². The average Bonchev–Trinajstić information content (AvgIpc) is 3.07. The van der Waals surface area contributed by atoms with E-state index in [0.717, 1.165) is 30.1 Å². The van der Waals surface area contributed by atoms with Crippen molar-refractivity contribution in [1.29, 1.82) is 0 Å². The third-order valence-electron chi connectivity index (χ3n) is 5.66. The molecule has 1 aromatic heterocycles. The highest BCUT2D eigenvalue weighted by Gasteiger charge is 2.52. The van der Waals surface area contributed by atoms with Crippen LogP contribution in [0, 0.1) is 6.92 Å². The zero-order chi connectivity index (χ0) is 19.8. The van der Waals surface area contributed by atoms with Crippen molar-refractivity contribution < 1.29 is 18.5 Å². The van der Waals surface area contributed by atoms with Crippen molar-refractivity contribution in [3.05, 3.63) is 47.4 Å². The first-order valence-electron chi connectivity index (χ1n) is 9.37. The summed E-state index contributed by atoms with van der Waals surface area (Å²) in [6.45, 7) is 11.9. The molecule has 3 rings (SSSR count). The molecule has 0 aliphatic carbocycles. The van der Waals surface area contributed by atoms with Gasteiger partial charge in [-0.1, -0.05) is 12.1 Å². The van der Waals surface area contributed by atoms with Crippen LogP contribution >= 0.6 is 0 Å². The fraction of sp³-hybridized carbons (Fsp3) is 0.524. The minimum Gasteiger partial charge on any atom is -0.497 e. The van der Waals surface area contributed by atoms with Crippen molar-refractivity contribution in [2.24, 2.45) is 0 Å². The zero-order valence-corrected chi connectivity index (χ0v) is 17.5. The summed E-state index contributed by atoms with van der Waals surface area (Å²) in [6, 6.07) is 8.23. The summed E-state index contributed by atoms with van der Waals surface area (Å²) >= 11 is 0. The Morgan fingerprint density at radius 2 is 1.70 bits per heavy atom. The van der Waals surface area contributed by atoms with Gasteiger partial charge < -0.3 is 18.5 Å². The summed E-state index contributed by atoms with van der Waals surface area (Å²) in [7, 11) is 3.34. The molecule has 2 heterocycles. The van der Waals surface area contributed by atoms with Crippen LogP contribution in [0.25, 0.3) is 0 Å². The first-order chi connectivity index (χ1) is 12.6. The fourth-order valence-corrected chi connectivity index (χ4v) is 3.27. The van der Waals surface area contributed by atoms with Gasteiger partial charge in [0.15, 0.2) is 0 Å². The van der Waals surface area contributed by atoms with Crippen LogP contribution in [0.5, 0.6) is 5.75 Å². The SMILES string of the molecule is COc1ccc(CN(C)Cc2ccoc2C)cc1B1OC(C)(C)C(C)(C)O1. The van der Waals surface area contributed by atoms with Gasteiger partial charge >= 0.3 is 7.12 Å². The number of benzene rings is 1. The monoisotopic (exact) mass is 371 g/mol. The van der Waals surface area contributed by atoms with Crippen LogP contribution in [0.4, 0.5) is 0 Å². The maximum atomic E-state index is 6.23. The van der Waals surface area contributed by atoms with Crippen molar-refractivity contribution in [1.82, 2.24) is 4.90 Å². The first-order valence-corrected chi connectivity index (χ1v) is 9.37. The number of hydrogen-bond donors (Lipinski definition) is 0. The van der Waals surface area contributed by atoms with Crippen molar-refractivity contribution in [3.63, 3.8) is 0 Å². The van der Waals surface area contributed by atoms with Gasteiger partial charge in [-0.25, -0.2) is 0 Å². The molecule has 0 unspecified atom stereocenters. The molecular weight excluding hydrogens is 341 g/mol. The summed E-state index contributed by atoms with van der Waals surface area (Å²) in [5.74, 6) is 1.75. The number of methoxy groups -OCH3 is 1. The Hall–Kier alpha value is -1.76. The molecule has 0 bridgehead atoms. The van der Waals surface area contributed by atoms with E-state index in [0.29, 0.717) is 0 Å². The molecule has 0 atom stereocenters. The molecule has 0 spiro atoms. The molecule has 1 aromatic carbocycles. The molecule has 1 aliphatic heterocycles. The van der Waals surface area contributed by atoms with E-state index in [4.69, 9.17) is 18.5 Å². The summed E-state index contributed by atoms with van der Waals surface area (Å²) in [5.41, 5.74) is 2.56. The van der Waals surface area contributed by atoms with Gasteiger partial charge in [0.25, 0.3) is 0 Å². The summed E-state index contributed by atoms with van der Waals surface area (Å²) in [4.78, 5) is 2.26. The Morgan fingerprint density at radius 3 is 2.26 bits per heavy atom. The van der Waals surface area contributed by atoms with E-state index in [9.17, 15) is 0 Å². The molecule has 0 amide bonds. The summed E-state index contributed by atoms with van der Waals surface area (Å²) in [5, 5.41) is 0. The molecule has 27 heavy (non-hydrogen) atoms. The van der Waals surface area contributed by atoms with Crippen LogP contribution in [0.1, 0.15) is 44.6 Å². The smallest absolute Gasteiger partial charge is 0.497 e. The first kappa shape index (κ1) is 20.0. The largest absolute Gasteiger partial charge is 0.498 e. The maximum Gasteiger partial charge on any atom is 0.498 e. The molecule has 146 valence electrons. The normalized spacial score (nSPS) is 18.3. The third kappa shape index (κ3) is 4.08. The topological polar surface area (TPSA) is 44.1 Å². The minimum atomic E-state index is -0.439. The lowest BCUT2D eigenvalue weighted by Crippen LogP contribution is -2.41. The van der Waals surface area contributed by atoms with Gasteiger partial charge in [-0.15, -0.1) is 0 Å². The van der Waals surface area contributed by atoms with E-state index in [1.54, 1.807) is 13.4 Å². The molecule has 1 fully saturated rings. The van der Waals surface area contributed by atoms with Gasteiger partial charge in [0.2, 0.25) is 0 Å². The Balaban J connectivity index is 1.79. The van der Waals surface area contributed by atoms with E-state index in [1.807, 2.05) is 19.1 Å². The maximum absolute atomic E-state index is 6.23. The third-order valence-corrected chi connectivity index (χ3v) is 5.66. The van der Waals surface area contributed by atoms with Gasteiger partial charge in [-0.3, -0.25) is 4.90 Å². The van der Waals surface area contributed by atoms with Gasteiger partial charge in [-0.2, -0.15) is 0 Å². The van der Waals surface area contributed by atoms with Crippen LogP contribution < -0.4 is 10.2 Å². The number of furan rings is 1. The number of hydrogen-bond acceptors (Lipinski definition) is 5. The minimum absolute atomic E-state index is 0.381. The van der Waals surface area contributed by atoms with Gasteiger partial charge in [0.05, 0.1) is 24.6 Å². The van der Waals surface area contributed by atoms with E-state index in [-0.39, 0.29) is 11.2 Å². The van der Waals surface area contributed by atoms with E-state index in [1.165, 1.54) is 11.1 Å². The predicted octanol–water partition coefficient (Wildman–Crippen LogP) is 3.53. The highest BCUT2D eigenvalue weighted by atomic mass is 16.7. The molecule has 2 aromatic rings. The number of aryl methyl sites for hydroxylation is 1. The second-order valence-electron chi connectivity index (χ2n) is 8.34. The molecule has 1 aliphatic rings. The number of nitrogens with zero attached hydrogens (tertiary/aromatic N) is 1. The molecule has 0 radical (unpaired) electrons. The Labute approximate surface area is 162 Å².